The van der Waals surface area contributed by atoms with Gasteiger partial charge in [-0.3, -0.25) is 19.3 Å². The van der Waals surface area contributed by atoms with Crippen molar-refractivity contribution in [2.24, 2.45) is 4.99 Å². The maximum Gasteiger partial charge on any atom is 0.264 e. The Morgan fingerprint density at radius 2 is 2.26 bits per heavy atom. The number of hydrogen-bond acceptors (Lipinski definition) is 5. The zero-order valence-corrected chi connectivity index (χ0v) is 11.9. The minimum Gasteiger partial charge on any atom is -0.494 e. The molecule has 0 aliphatic rings. The molecule has 0 saturated heterocycles. The van der Waals surface area contributed by atoms with Crippen molar-refractivity contribution in [1.29, 1.82) is 0 Å². The molecule has 0 aromatic carbocycles. The molecule has 6 nitrogen and oxygen atoms in total. The molecule has 19 heavy (non-hydrogen) atoms. The highest BCUT2D eigenvalue weighted by atomic mass is 32.1. The SMILES string of the molecule is CC[C@H](C)n1c(O)c(C=NCCCO)c(=O)[nH]c1=S. The Morgan fingerprint density at radius 3 is 2.84 bits per heavy atom. The van der Waals surface area contributed by atoms with Gasteiger partial charge in [-0.2, -0.15) is 0 Å². The number of rotatable bonds is 6. The summed E-state index contributed by atoms with van der Waals surface area (Å²) in [4.78, 5) is 18.3. The van der Waals surface area contributed by atoms with Gasteiger partial charge >= 0.3 is 0 Å². The van der Waals surface area contributed by atoms with Crippen molar-refractivity contribution in [2.75, 3.05) is 13.2 Å². The molecule has 1 atom stereocenters. The Bertz CT molecular complexity index is 562. The Kier molecular flexibility index (Phi) is 5.91. The monoisotopic (exact) mass is 285 g/mol. The van der Waals surface area contributed by atoms with E-state index in [9.17, 15) is 9.90 Å². The van der Waals surface area contributed by atoms with Gasteiger partial charge in [-0.15, -0.1) is 0 Å². The first kappa shape index (κ1) is 15.6. The summed E-state index contributed by atoms with van der Waals surface area (Å²) in [5.41, 5.74) is -0.373. The Morgan fingerprint density at radius 1 is 1.58 bits per heavy atom. The molecule has 0 unspecified atom stereocenters. The molecule has 0 fully saturated rings. The number of aliphatic hydroxyl groups excluding tert-OH is 1. The Labute approximate surface area is 116 Å². The van der Waals surface area contributed by atoms with Gasteiger partial charge in [-0.25, -0.2) is 0 Å². The number of hydrogen-bond donors (Lipinski definition) is 3. The molecule has 7 heteroatoms. The molecule has 0 saturated carbocycles. The summed E-state index contributed by atoms with van der Waals surface area (Å²) in [5, 5.41) is 18.8. The van der Waals surface area contributed by atoms with Crippen molar-refractivity contribution >= 4 is 18.4 Å². The third-order valence-corrected chi connectivity index (χ3v) is 3.15. The van der Waals surface area contributed by atoms with E-state index < -0.39 is 5.56 Å². The second-order valence-electron chi connectivity index (χ2n) is 4.24. The van der Waals surface area contributed by atoms with Gasteiger partial charge in [-0.05, 0) is 32.0 Å². The molecular formula is C12H19N3O3S. The fourth-order valence-corrected chi connectivity index (χ4v) is 1.94. The van der Waals surface area contributed by atoms with E-state index in [1.165, 1.54) is 10.8 Å². The van der Waals surface area contributed by atoms with Gasteiger partial charge in [0.25, 0.3) is 5.56 Å². The van der Waals surface area contributed by atoms with E-state index in [0.717, 1.165) is 6.42 Å². The summed E-state index contributed by atoms with van der Waals surface area (Å²) in [6.45, 7) is 4.30. The van der Waals surface area contributed by atoms with E-state index in [-0.39, 0.29) is 28.9 Å². The third kappa shape index (κ3) is 3.74. The predicted molar refractivity (Wildman–Crippen MR) is 76.7 cm³/mol. The van der Waals surface area contributed by atoms with Crippen LogP contribution in [0.25, 0.3) is 0 Å². The number of aromatic nitrogens is 2. The van der Waals surface area contributed by atoms with Gasteiger partial charge in [0, 0.05) is 25.4 Å². The fraction of sp³-hybridized carbons (Fsp3) is 0.583. The standard InChI is InChI=1S/C12H19N3O3S/c1-3-8(2)15-11(18)9(7-13-5-4-6-16)10(17)14-12(15)19/h7-8,16,18H,3-6H2,1-2H3,(H,14,17,19)/t8-/m0/s1. The van der Waals surface area contributed by atoms with Gasteiger partial charge in [0.1, 0.15) is 5.56 Å². The van der Waals surface area contributed by atoms with Crippen LogP contribution in [0.4, 0.5) is 0 Å². The molecule has 1 aromatic rings. The lowest BCUT2D eigenvalue weighted by molar-refractivity contribution is 0.291. The molecule has 1 rings (SSSR count). The van der Waals surface area contributed by atoms with Crippen LogP contribution < -0.4 is 5.56 Å². The van der Waals surface area contributed by atoms with Crippen molar-refractivity contribution in [3.8, 4) is 5.88 Å². The smallest absolute Gasteiger partial charge is 0.264 e. The molecule has 106 valence electrons. The lowest BCUT2D eigenvalue weighted by Crippen LogP contribution is -2.20. The number of aliphatic hydroxyl groups is 1. The maximum atomic E-state index is 11.8. The van der Waals surface area contributed by atoms with Crippen LogP contribution >= 0.6 is 12.2 Å². The number of nitrogens with one attached hydrogen (secondary N) is 1. The minimum absolute atomic E-state index is 0.0195. The molecule has 0 radical (unpaired) electrons. The van der Waals surface area contributed by atoms with Gasteiger partial charge in [0.15, 0.2) is 4.77 Å². The van der Waals surface area contributed by atoms with Crippen molar-refractivity contribution in [2.45, 2.75) is 32.7 Å². The Hall–Kier alpha value is -1.47. The molecule has 1 heterocycles. The first-order valence-electron chi connectivity index (χ1n) is 6.21. The molecule has 0 aliphatic carbocycles. The van der Waals surface area contributed by atoms with Crippen LogP contribution in [0, 0.1) is 4.77 Å². The second-order valence-corrected chi connectivity index (χ2v) is 4.62. The molecule has 0 bridgehead atoms. The minimum atomic E-state index is -0.463. The first-order valence-corrected chi connectivity index (χ1v) is 6.62. The van der Waals surface area contributed by atoms with Crippen LogP contribution in [0.5, 0.6) is 5.88 Å². The van der Waals surface area contributed by atoms with Crippen LogP contribution in [-0.4, -0.2) is 39.1 Å². The molecule has 0 spiro atoms. The summed E-state index contributed by atoms with van der Waals surface area (Å²) in [6.07, 6.45) is 2.60. The van der Waals surface area contributed by atoms with Crippen LogP contribution in [0.2, 0.25) is 0 Å². The normalized spacial score (nSPS) is 13.0. The summed E-state index contributed by atoms with van der Waals surface area (Å²) < 4.78 is 1.70. The number of aromatic hydroxyl groups is 1. The highest BCUT2D eigenvalue weighted by Crippen LogP contribution is 2.19. The lowest BCUT2D eigenvalue weighted by Gasteiger charge is -2.16. The zero-order valence-electron chi connectivity index (χ0n) is 11.1. The fourth-order valence-electron chi connectivity index (χ4n) is 1.58. The van der Waals surface area contributed by atoms with Crippen LogP contribution in [-0.2, 0) is 0 Å². The van der Waals surface area contributed by atoms with Crippen LogP contribution in [0.15, 0.2) is 9.79 Å². The number of aromatic amines is 1. The quantitative estimate of drug-likeness (QED) is 0.418. The lowest BCUT2D eigenvalue weighted by atomic mass is 10.2. The Balaban J connectivity index is 3.22. The van der Waals surface area contributed by atoms with Crippen molar-refractivity contribution in [3.05, 3.63) is 20.7 Å². The van der Waals surface area contributed by atoms with Gasteiger partial charge in [0.05, 0.1) is 0 Å². The number of nitrogens with zero attached hydrogens (tertiary/aromatic N) is 2. The van der Waals surface area contributed by atoms with Gasteiger partial charge < -0.3 is 10.2 Å². The highest BCUT2D eigenvalue weighted by molar-refractivity contribution is 7.71. The van der Waals surface area contributed by atoms with E-state index in [1.807, 2.05) is 13.8 Å². The summed E-state index contributed by atoms with van der Waals surface area (Å²) in [7, 11) is 0. The summed E-state index contributed by atoms with van der Waals surface area (Å²) in [6, 6.07) is -0.0195. The molecule has 0 aliphatic heterocycles. The van der Waals surface area contributed by atoms with E-state index >= 15 is 0 Å². The highest BCUT2D eigenvalue weighted by Gasteiger charge is 2.14. The van der Waals surface area contributed by atoms with Crippen molar-refractivity contribution in [3.63, 3.8) is 0 Å². The van der Waals surface area contributed by atoms with Crippen molar-refractivity contribution < 1.29 is 10.2 Å². The van der Waals surface area contributed by atoms with E-state index in [2.05, 4.69) is 9.98 Å². The molecule has 0 amide bonds. The van der Waals surface area contributed by atoms with E-state index in [4.69, 9.17) is 17.3 Å². The van der Waals surface area contributed by atoms with Gasteiger partial charge in [0.2, 0.25) is 5.88 Å². The number of H-pyrrole nitrogens is 1. The van der Waals surface area contributed by atoms with Crippen molar-refractivity contribution in [1.82, 2.24) is 9.55 Å². The average Bonchev–Trinajstić information content (AvgIpc) is 2.37. The molecule has 3 N–H and O–H groups in total. The van der Waals surface area contributed by atoms with Crippen LogP contribution in [0.3, 0.4) is 0 Å². The average molecular weight is 285 g/mol. The predicted octanol–water partition coefficient (Wildman–Crippen LogP) is 1.38. The van der Waals surface area contributed by atoms with E-state index in [0.29, 0.717) is 13.0 Å². The number of aliphatic imine (C=N–C) groups is 1. The zero-order chi connectivity index (χ0) is 14.4. The van der Waals surface area contributed by atoms with E-state index in [1.54, 1.807) is 0 Å². The molecule has 1 aromatic heterocycles. The second kappa shape index (κ2) is 7.20. The summed E-state index contributed by atoms with van der Waals surface area (Å²) in [5.74, 6) is -0.171. The van der Waals surface area contributed by atoms with Gasteiger partial charge in [-0.1, -0.05) is 6.92 Å². The summed E-state index contributed by atoms with van der Waals surface area (Å²) >= 11 is 5.05. The largest absolute Gasteiger partial charge is 0.494 e. The topological polar surface area (TPSA) is 90.6 Å². The third-order valence-electron chi connectivity index (χ3n) is 2.85. The maximum absolute atomic E-state index is 11.8. The molecular weight excluding hydrogens is 266 g/mol. The van der Waals surface area contributed by atoms with Crippen LogP contribution in [0.1, 0.15) is 38.3 Å². The first-order chi connectivity index (χ1) is 9.02.